The van der Waals surface area contributed by atoms with E-state index in [9.17, 15) is 9.59 Å². The summed E-state index contributed by atoms with van der Waals surface area (Å²) in [5, 5.41) is 2.93. The molecular formula is C19H26N2O2. The second kappa shape index (κ2) is 6.34. The minimum absolute atomic E-state index is 0.127. The molecule has 0 bridgehead atoms. The Morgan fingerprint density at radius 3 is 2.48 bits per heavy atom. The Kier molecular flexibility index (Phi) is 4.42. The molecule has 4 heteroatoms. The van der Waals surface area contributed by atoms with Gasteiger partial charge in [0.25, 0.3) is 0 Å². The van der Waals surface area contributed by atoms with E-state index in [0.717, 1.165) is 16.8 Å². The first kappa shape index (κ1) is 16.0. The van der Waals surface area contributed by atoms with Crippen LogP contribution in [0.5, 0.6) is 0 Å². The van der Waals surface area contributed by atoms with Gasteiger partial charge in [0, 0.05) is 18.7 Å². The Bertz CT molecular complexity index is 614. The second-order valence-corrected chi connectivity index (χ2v) is 7.13. The number of hydrogen-bond acceptors (Lipinski definition) is 2. The largest absolute Gasteiger partial charge is 0.336 e. The molecule has 4 nitrogen and oxygen atoms in total. The van der Waals surface area contributed by atoms with Crippen molar-refractivity contribution in [1.29, 1.82) is 0 Å². The first-order valence-corrected chi connectivity index (χ1v) is 8.60. The number of carbonyl (C=O) groups excluding carboxylic acids is 2. The maximum Gasteiger partial charge on any atom is 0.243 e. The van der Waals surface area contributed by atoms with E-state index in [1.54, 1.807) is 11.9 Å². The van der Waals surface area contributed by atoms with Crippen molar-refractivity contribution in [2.75, 3.05) is 18.9 Å². The smallest absolute Gasteiger partial charge is 0.243 e. The van der Waals surface area contributed by atoms with E-state index in [-0.39, 0.29) is 24.3 Å². The summed E-state index contributed by atoms with van der Waals surface area (Å²) in [4.78, 5) is 26.4. The molecule has 2 saturated carbocycles. The first-order chi connectivity index (χ1) is 11.0. The summed E-state index contributed by atoms with van der Waals surface area (Å²) in [7, 11) is 1.75. The minimum atomic E-state index is -0.127. The Morgan fingerprint density at radius 2 is 1.83 bits per heavy atom. The number of amides is 2. The number of likely N-dealkylation sites (N-methyl/N-ethyl adjacent to an activating group) is 1. The lowest BCUT2D eigenvalue weighted by atomic mass is 10.0. The highest BCUT2D eigenvalue weighted by atomic mass is 16.2. The normalized spacial score (nSPS) is 25.4. The fourth-order valence-electron chi connectivity index (χ4n) is 3.98. The van der Waals surface area contributed by atoms with Gasteiger partial charge in [-0.05, 0) is 55.7 Å². The van der Waals surface area contributed by atoms with Crippen LogP contribution in [0.4, 0.5) is 5.69 Å². The van der Waals surface area contributed by atoms with Crippen LogP contribution in [-0.2, 0) is 9.59 Å². The highest BCUT2D eigenvalue weighted by Gasteiger charge is 2.55. The zero-order chi connectivity index (χ0) is 16.6. The molecule has 1 N–H and O–H groups in total. The van der Waals surface area contributed by atoms with Crippen molar-refractivity contribution in [3.05, 3.63) is 29.3 Å². The summed E-state index contributed by atoms with van der Waals surface area (Å²) in [5.41, 5.74) is 3.05. The summed E-state index contributed by atoms with van der Waals surface area (Å²) in [5.74, 6) is 1.37. The van der Waals surface area contributed by atoms with Crippen molar-refractivity contribution < 1.29 is 9.59 Å². The predicted molar refractivity (Wildman–Crippen MR) is 91.1 cm³/mol. The fraction of sp³-hybridized carbons (Fsp3) is 0.579. The number of aryl methyl sites for hydroxylation is 1. The summed E-state index contributed by atoms with van der Waals surface area (Å²) in [6.45, 7) is 4.15. The van der Waals surface area contributed by atoms with Gasteiger partial charge in [-0.15, -0.1) is 0 Å². The van der Waals surface area contributed by atoms with Crippen molar-refractivity contribution in [3.8, 4) is 0 Å². The monoisotopic (exact) mass is 314 g/mol. The van der Waals surface area contributed by atoms with E-state index in [2.05, 4.69) is 5.32 Å². The van der Waals surface area contributed by atoms with Gasteiger partial charge < -0.3 is 10.2 Å². The average Bonchev–Trinajstić information content (AvgIpc) is 3.25. The molecule has 1 aromatic carbocycles. The van der Waals surface area contributed by atoms with Crippen LogP contribution in [0, 0.1) is 31.6 Å². The van der Waals surface area contributed by atoms with E-state index in [1.807, 2.05) is 32.0 Å². The van der Waals surface area contributed by atoms with E-state index >= 15 is 0 Å². The van der Waals surface area contributed by atoms with Gasteiger partial charge in [-0.2, -0.15) is 0 Å². The van der Waals surface area contributed by atoms with Crippen molar-refractivity contribution in [2.24, 2.45) is 17.8 Å². The van der Waals surface area contributed by atoms with Crippen molar-refractivity contribution >= 4 is 17.5 Å². The fourth-order valence-corrected chi connectivity index (χ4v) is 3.98. The third-order valence-corrected chi connectivity index (χ3v) is 5.58. The molecule has 2 aliphatic rings. The molecule has 0 aromatic heterocycles. The van der Waals surface area contributed by atoms with Crippen LogP contribution in [-0.4, -0.2) is 30.3 Å². The van der Waals surface area contributed by atoms with Gasteiger partial charge in [-0.3, -0.25) is 9.59 Å². The molecule has 1 unspecified atom stereocenters. The van der Waals surface area contributed by atoms with Gasteiger partial charge in [0.05, 0.1) is 6.54 Å². The molecule has 0 spiro atoms. The average molecular weight is 314 g/mol. The molecule has 3 atom stereocenters. The van der Waals surface area contributed by atoms with Crippen LogP contribution in [0.2, 0.25) is 0 Å². The molecule has 2 aliphatic carbocycles. The highest BCUT2D eigenvalue weighted by Crippen LogP contribution is 2.55. The molecule has 0 radical (unpaired) electrons. The summed E-state index contributed by atoms with van der Waals surface area (Å²) >= 11 is 0. The molecule has 124 valence electrons. The Balaban J connectivity index is 1.55. The molecule has 2 amide bonds. The van der Waals surface area contributed by atoms with Crippen LogP contribution < -0.4 is 5.32 Å². The third-order valence-electron chi connectivity index (χ3n) is 5.58. The van der Waals surface area contributed by atoms with Crippen LogP contribution in [0.3, 0.4) is 0 Å². The van der Waals surface area contributed by atoms with Crippen LogP contribution in [0.25, 0.3) is 0 Å². The summed E-state index contributed by atoms with van der Waals surface area (Å²) in [6, 6.07) is 5.86. The summed E-state index contributed by atoms with van der Waals surface area (Å²) < 4.78 is 0. The van der Waals surface area contributed by atoms with Crippen molar-refractivity contribution in [3.63, 3.8) is 0 Å². The number of fused-ring (bicyclic) bond motifs is 1. The van der Waals surface area contributed by atoms with Gasteiger partial charge in [-0.25, -0.2) is 0 Å². The number of anilines is 1. The van der Waals surface area contributed by atoms with Gasteiger partial charge in [-0.1, -0.05) is 25.0 Å². The van der Waals surface area contributed by atoms with E-state index < -0.39 is 0 Å². The van der Waals surface area contributed by atoms with E-state index in [0.29, 0.717) is 11.8 Å². The maximum atomic E-state index is 12.5. The van der Waals surface area contributed by atoms with E-state index in [1.165, 1.54) is 25.7 Å². The molecule has 1 aromatic rings. The third kappa shape index (κ3) is 3.26. The zero-order valence-corrected chi connectivity index (χ0v) is 14.3. The lowest BCUT2D eigenvalue weighted by molar-refractivity contribution is -0.135. The zero-order valence-electron chi connectivity index (χ0n) is 14.3. The molecule has 0 aliphatic heterocycles. The number of nitrogens with one attached hydrogen (secondary N) is 1. The van der Waals surface area contributed by atoms with Crippen LogP contribution in [0.15, 0.2) is 18.2 Å². The minimum Gasteiger partial charge on any atom is -0.336 e. The number of rotatable bonds is 4. The molecule has 0 saturated heterocycles. The second-order valence-electron chi connectivity index (χ2n) is 7.13. The van der Waals surface area contributed by atoms with Gasteiger partial charge in [0.15, 0.2) is 0 Å². The maximum absolute atomic E-state index is 12.5. The Hall–Kier alpha value is -1.84. The quantitative estimate of drug-likeness (QED) is 0.928. The predicted octanol–water partition coefficient (Wildman–Crippen LogP) is 3.14. The van der Waals surface area contributed by atoms with Crippen molar-refractivity contribution in [2.45, 2.75) is 39.5 Å². The lowest BCUT2D eigenvalue weighted by Crippen LogP contribution is -2.36. The number of benzene rings is 1. The van der Waals surface area contributed by atoms with Gasteiger partial charge in [0.2, 0.25) is 11.8 Å². The molecule has 23 heavy (non-hydrogen) atoms. The van der Waals surface area contributed by atoms with Gasteiger partial charge in [0.1, 0.15) is 0 Å². The topological polar surface area (TPSA) is 49.4 Å². The Labute approximate surface area is 138 Å². The van der Waals surface area contributed by atoms with E-state index in [4.69, 9.17) is 0 Å². The number of hydrogen-bond donors (Lipinski definition) is 1. The molecule has 3 rings (SSSR count). The lowest BCUT2D eigenvalue weighted by Gasteiger charge is -2.18. The standard InChI is InChI=1S/C19H26N2O2/c1-12-7-6-10-16(13(12)2)20-17(22)11-21(3)19(23)18-14-8-4-5-9-15(14)18/h6-7,10,14-15,18H,4-5,8-9,11H2,1-3H3,(H,20,22)/t14-,15+,18?. The number of carbonyl (C=O) groups is 2. The Morgan fingerprint density at radius 1 is 1.17 bits per heavy atom. The molecule has 2 fully saturated rings. The van der Waals surface area contributed by atoms with Crippen LogP contribution >= 0.6 is 0 Å². The highest BCUT2D eigenvalue weighted by molar-refractivity contribution is 5.95. The van der Waals surface area contributed by atoms with Gasteiger partial charge >= 0.3 is 0 Å². The molecule has 0 heterocycles. The van der Waals surface area contributed by atoms with Crippen LogP contribution in [0.1, 0.15) is 36.8 Å². The SMILES string of the molecule is Cc1cccc(NC(=O)CN(C)C(=O)C2[C@H]3CCCC[C@@H]23)c1C. The first-order valence-electron chi connectivity index (χ1n) is 8.60. The summed E-state index contributed by atoms with van der Waals surface area (Å²) in [6.07, 6.45) is 4.87. The number of nitrogens with zero attached hydrogens (tertiary/aromatic N) is 1. The van der Waals surface area contributed by atoms with Crippen molar-refractivity contribution in [1.82, 2.24) is 4.90 Å². The molecular weight excluding hydrogens is 288 g/mol.